The van der Waals surface area contributed by atoms with Crippen LogP contribution in [0.15, 0.2) is 18.2 Å². The molecule has 1 heterocycles. The average molecular weight is 458 g/mol. The number of urea groups is 1. The molecule has 5 fully saturated rings. The molecule has 1 atom stereocenters. The van der Waals surface area contributed by atoms with Crippen LogP contribution in [0.3, 0.4) is 0 Å². The van der Waals surface area contributed by atoms with E-state index in [4.69, 9.17) is 5.21 Å². The molecule has 0 aromatic heterocycles. The minimum atomic E-state index is -0.731. The number of nitrogens with one attached hydrogen (secondary N) is 1. The minimum Gasteiger partial charge on any atom is -0.508 e. The van der Waals surface area contributed by atoms with Crippen molar-refractivity contribution in [1.82, 2.24) is 15.3 Å². The van der Waals surface area contributed by atoms with Crippen molar-refractivity contribution in [3.8, 4) is 11.5 Å². The molecule has 1 saturated heterocycles. The Morgan fingerprint density at radius 1 is 1.06 bits per heavy atom. The van der Waals surface area contributed by atoms with Crippen LogP contribution in [0.5, 0.6) is 11.5 Å². The predicted octanol–water partition coefficient (Wildman–Crippen LogP) is 2.88. The molecule has 4 bridgehead atoms. The van der Waals surface area contributed by atoms with Gasteiger partial charge in [0.1, 0.15) is 17.5 Å². The van der Waals surface area contributed by atoms with Gasteiger partial charge in [-0.15, -0.1) is 0 Å². The van der Waals surface area contributed by atoms with E-state index in [0.29, 0.717) is 36.2 Å². The Kier molecular flexibility index (Phi) is 5.47. The van der Waals surface area contributed by atoms with Gasteiger partial charge in [0.15, 0.2) is 0 Å². The van der Waals surface area contributed by atoms with Gasteiger partial charge in [-0.05, 0) is 81.3 Å². The van der Waals surface area contributed by atoms with Gasteiger partial charge in [-0.1, -0.05) is 0 Å². The maximum Gasteiger partial charge on any atom is 0.328 e. The molecule has 1 unspecified atom stereocenters. The molecule has 6 rings (SSSR count). The molecule has 1 aliphatic heterocycles. The quantitative estimate of drug-likeness (QED) is 0.283. The number of carbonyl (C=O) groups excluding carboxylic acids is 3. The number of carbonyl (C=O) groups is 3. The summed E-state index contributed by atoms with van der Waals surface area (Å²) in [5.74, 6) is 0.733. The summed E-state index contributed by atoms with van der Waals surface area (Å²) in [4.78, 5) is 42.0. The molecule has 33 heavy (non-hydrogen) atoms. The summed E-state index contributed by atoms with van der Waals surface area (Å²) in [6, 6.07) is 3.15. The van der Waals surface area contributed by atoms with Gasteiger partial charge in [-0.2, -0.15) is 0 Å². The highest BCUT2D eigenvalue weighted by atomic mass is 16.5. The lowest BCUT2D eigenvalue weighted by Gasteiger charge is -2.58. The molecule has 5 aliphatic rings. The maximum atomic E-state index is 13.8. The fraction of sp³-hybridized carbons (Fsp3) is 0.625. The zero-order chi connectivity index (χ0) is 23.3. The predicted molar refractivity (Wildman–Crippen MR) is 116 cm³/mol. The first kappa shape index (κ1) is 22.0. The van der Waals surface area contributed by atoms with E-state index in [1.165, 1.54) is 41.2 Å². The summed E-state index contributed by atoms with van der Waals surface area (Å²) in [5, 5.41) is 28.7. The Labute approximate surface area is 192 Å². The zero-order valence-corrected chi connectivity index (χ0v) is 18.6. The SMILES string of the molecule is O=C(CCCC1C(=O)N(C23CC4CC(CC(C4)C2)C3)C(=O)N1Cc1ccc(O)cc1O)NO. The highest BCUT2D eigenvalue weighted by molar-refractivity contribution is 6.05. The molecule has 0 spiro atoms. The lowest BCUT2D eigenvalue weighted by molar-refractivity contribution is -0.141. The van der Waals surface area contributed by atoms with Crippen molar-refractivity contribution in [3.63, 3.8) is 0 Å². The van der Waals surface area contributed by atoms with Gasteiger partial charge in [0.25, 0.3) is 5.91 Å². The summed E-state index contributed by atoms with van der Waals surface area (Å²) in [5.41, 5.74) is 1.62. The second-order valence-electron chi connectivity index (χ2n) is 10.5. The van der Waals surface area contributed by atoms with Crippen LogP contribution in [-0.2, 0) is 16.1 Å². The highest BCUT2D eigenvalue weighted by Gasteiger charge is 2.60. The highest BCUT2D eigenvalue weighted by Crippen LogP contribution is 2.58. The lowest BCUT2D eigenvalue weighted by atomic mass is 9.52. The molecule has 4 aliphatic carbocycles. The molecule has 178 valence electrons. The molecular formula is C24H31N3O6. The zero-order valence-electron chi connectivity index (χ0n) is 18.6. The van der Waals surface area contributed by atoms with E-state index >= 15 is 0 Å². The van der Waals surface area contributed by atoms with Crippen LogP contribution in [0.2, 0.25) is 0 Å². The van der Waals surface area contributed by atoms with Gasteiger partial charge in [0, 0.05) is 18.1 Å². The summed E-state index contributed by atoms with van der Waals surface area (Å²) in [7, 11) is 0. The molecule has 9 nitrogen and oxygen atoms in total. The van der Waals surface area contributed by atoms with E-state index in [0.717, 1.165) is 19.3 Å². The van der Waals surface area contributed by atoms with Crippen molar-refractivity contribution >= 4 is 17.8 Å². The standard InChI is InChI=1S/C24H31N3O6/c28-18-5-4-17(20(29)9-18)13-26-19(2-1-3-21(30)25-33)22(31)27(23(26)32)24-10-14-6-15(11-24)8-16(7-14)12-24/h4-5,9,14-16,19,28-29,33H,1-3,6-8,10-13H2,(H,25,30). The molecule has 1 aromatic rings. The largest absolute Gasteiger partial charge is 0.508 e. The van der Waals surface area contributed by atoms with E-state index in [-0.39, 0.29) is 36.4 Å². The first-order valence-electron chi connectivity index (χ1n) is 11.9. The minimum absolute atomic E-state index is 0.0381. The molecule has 9 heteroatoms. The van der Waals surface area contributed by atoms with Gasteiger partial charge >= 0.3 is 6.03 Å². The van der Waals surface area contributed by atoms with E-state index in [9.17, 15) is 24.6 Å². The molecule has 0 radical (unpaired) electrons. The molecule has 4 saturated carbocycles. The average Bonchev–Trinajstić information content (AvgIpc) is 2.98. The number of nitrogens with zero attached hydrogens (tertiary/aromatic N) is 2. The van der Waals surface area contributed by atoms with Gasteiger partial charge in [0.2, 0.25) is 5.91 Å². The van der Waals surface area contributed by atoms with Crippen molar-refractivity contribution in [3.05, 3.63) is 23.8 Å². The van der Waals surface area contributed by atoms with Crippen molar-refractivity contribution in [1.29, 1.82) is 0 Å². The Balaban J connectivity index is 1.43. The Bertz CT molecular complexity index is 944. The lowest BCUT2D eigenvalue weighted by Crippen LogP contribution is -2.62. The molecule has 4 amide bonds. The van der Waals surface area contributed by atoms with E-state index in [2.05, 4.69) is 0 Å². The van der Waals surface area contributed by atoms with Gasteiger partial charge in [-0.3, -0.25) is 19.7 Å². The number of rotatable bonds is 7. The maximum absolute atomic E-state index is 13.8. The Hall–Kier alpha value is -2.81. The van der Waals surface area contributed by atoms with Crippen molar-refractivity contribution < 1.29 is 29.8 Å². The fourth-order valence-electron chi connectivity index (χ4n) is 7.25. The summed E-state index contributed by atoms with van der Waals surface area (Å²) >= 11 is 0. The number of hydrogen-bond donors (Lipinski definition) is 4. The Morgan fingerprint density at radius 2 is 1.70 bits per heavy atom. The van der Waals surface area contributed by atoms with Crippen molar-refractivity contribution in [2.24, 2.45) is 17.8 Å². The van der Waals surface area contributed by atoms with Crippen molar-refractivity contribution in [2.45, 2.75) is 75.9 Å². The third kappa shape index (κ3) is 3.82. The number of imide groups is 1. The van der Waals surface area contributed by atoms with Crippen molar-refractivity contribution in [2.75, 3.05) is 0 Å². The van der Waals surface area contributed by atoms with Crippen LogP contribution in [0.1, 0.15) is 63.4 Å². The molecular weight excluding hydrogens is 426 g/mol. The number of amides is 4. The monoisotopic (exact) mass is 457 g/mol. The Morgan fingerprint density at radius 3 is 2.27 bits per heavy atom. The normalized spacial score (nSPS) is 32.6. The van der Waals surface area contributed by atoms with Crippen LogP contribution in [0, 0.1) is 17.8 Å². The van der Waals surface area contributed by atoms with E-state index in [1.54, 1.807) is 11.5 Å². The molecule has 1 aromatic carbocycles. The van der Waals surface area contributed by atoms with Crippen LogP contribution >= 0.6 is 0 Å². The summed E-state index contributed by atoms with van der Waals surface area (Å²) in [6.45, 7) is 0.0381. The van der Waals surface area contributed by atoms with Crippen LogP contribution in [0.4, 0.5) is 4.79 Å². The second-order valence-corrected chi connectivity index (χ2v) is 10.5. The van der Waals surface area contributed by atoms with Gasteiger partial charge in [-0.25, -0.2) is 10.3 Å². The third-order valence-electron chi connectivity index (χ3n) is 8.21. The van der Waals surface area contributed by atoms with E-state index < -0.39 is 17.5 Å². The van der Waals surface area contributed by atoms with Crippen LogP contribution < -0.4 is 5.48 Å². The third-order valence-corrected chi connectivity index (χ3v) is 8.21. The number of hydrogen-bond acceptors (Lipinski definition) is 6. The number of phenols is 2. The van der Waals surface area contributed by atoms with Gasteiger partial charge in [0.05, 0.1) is 12.1 Å². The van der Waals surface area contributed by atoms with Gasteiger partial charge < -0.3 is 15.1 Å². The second kappa shape index (κ2) is 8.20. The number of hydroxylamine groups is 1. The smallest absolute Gasteiger partial charge is 0.328 e. The number of benzene rings is 1. The summed E-state index contributed by atoms with van der Waals surface area (Å²) < 4.78 is 0. The number of phenolic OH excluding ortho intramolecular Hbond substituents is 2. The summed E-state index contributed by atoms with van der Waals surface area (Å²) in [6.07, 6.45) is 6.87. The first-order valence-corrected chi connectivity index (χ1v) is 11.9. The fourth-order valence-corrected chi connectivity index (χ4v) is 7.25. The first-order chi connectivity index (χ1) is 15.8. The van der Waals surface area contributed by atoms with Crippen LogP contribution in [0.25, 0.3) is 0 Å². The molecule has 4 N–H and O–H groups in total. The number of aromatic hydroxyl groups is 2. The topological polar surface area (TPSA) is 130 Å². The van der Waals surface area contributed by atoms with E-state index in [1.807, 2.05) is 0 Å². The van der Waals surface area contributed by atoms with Crippen LogP contribution in [-0.4, -0.2) is 54.6 Å².